The Morgan fingerprint density at radius 2 is 2.11 bits per heavy atom. The number of likely N-dealkylation sites (N-methyl/N-ethyl adjacent to an activating group) is 1. The molecule has 18 heavy (non-hydrogen) atoms. The zero-order valence-electron chi connectivity index (χ0n) is 11.6. The Labute approximate surface area is 118 Å². The number of anilines is 1. The average molecular weight is 316 g/mol. The largest absolute Gasteiger partial charge is 0.383 e. The molecular weight excluding hydrogens is 294 g/mol. The zero-order chi connectivity index (χ0) is 13.5. The van der Waals surface area contributed by atoms with E-state index in [-0.39, 0.29) is 0 Å². The number of ether oxygens (including phenoxy) is 1. The summed E-state index contributed by atoms with van der Waals surface area (Å²) in [6.07, 6.45) is 1.96. The van der Waals surface area contributed by atoms with Crippen LogP contribution < -0.4 is 4.90 Å². The summed E-state index contributed by atoms with van der Waals surface area (Å²) in [7, 11) is 1.72. The van der Waals surface area contributed by atoms with Crippen LogP contribution in [0.25, 0.3) is 0 Å². The number of halogens is 1. The summed E-state index contributed by atoms with van der Waals surface area (Å²) in [4.78, 5) is 11.3. The molecule has 0 amide bonds. The lowest BCUT2D eigenvalue weighted by molar-refractivity contribution is 0.181. The molecule has 0 saturated carbocycles. The van der Waals surface area contributed by atoms with Crippen molar-refractivity contribution in [2.75, 3.05) is 25.2 Å². The van der Waals surface area contributed by atoms with Gasteiger partial charge in [-0.25, -0.2) is 9.97 Å². The Kier molecular flexibility index (Phi) is 6.57. The van der Waals surface area contributed by atoms with Gasteiger partial charge in [-0.05, 0) is 36.2 Å². The maximum absolute atomic E-state index is 5.22. The minimum atomic E-state index is 0.302. The highest BCUT2D eigenvalue weighted by molar-refractivity contribution is 9.10. The Morgan fingerprint density at radius 3 is 2.67 bits per heavy atom. The third-order valence-electron chi connectivity index (χ3n) is 2.78. The van der Waals surface area contributed by atoms with Gasteiger partial charge in [-0.15, -0.1) is 0 Å². The first-order chi connectivity index (χ1) is 8.62. The molecule has 1 rings (SSSR count). The standard InChI is InChI=1S/C13H22BrN3O/c1-5-7-12-15-11(14)8-13(16-12)17(6-2)10(3)9-18-4/h8,10H,5-7,9H2,1-4H3. The molecule has 1 aromatic rings. The van der Waals surface area contributed by atoms with Crippen LogP contribution in [0.5, 0.6) is 0 Å². The summed E-state index contributed by atoms with van der Waals surface area (Å²) < 4.78 is 6.07. The zero-order valence-corrected chi connectivity index (χ0v) is 13.2. The molecule has 0 saturated heterocycles. The molecular formula is C13H22BrN3O. The molecule has 102 valence electrons. The van der Waals surface area contributed by atoms with Crippen molar-refractivity contribution in [2.45, 2.75) is 39.7 Å². The second-order valence-corrected chi connectivity index (χ2v) is 5.12. The van der Waals surface area contributed by atoms with E-state index in [9.17, 15) is 0 Å². The number of aryl methyl sites for hydroxylation is 1. The van der Waals surface area contributed by atoms with Crippen LogP contribution >= 0.6 is 15.9 Å². The van der Waals surface area contributed by atoms with Gasteiger partial charge in [0, 0.05) is 26.1 Å². The monoisotopic (exact) mass is 315 g/mol. The highest BCUT2D eigenvalue weighted by Gasteiger charge is 2.15. The number of rotatable bonds is 7. The predicted octanol–water partition coefficient (Wildman–Crippen LogP) is 3.05. The fraction of sp³-hybridized carbons (Fsp3) is 0.692. The highest BCUT2D eigenvalue weighted by Crippen LogP contribution is 2.19. The molecule has 0 radical (unpaired) electrons. The normalized spacial score (nSPS) is 12.5. The molecule has 0 spiro atoms. The Hall–Kier alpha value is -0.680. The first-order valence-electron chi connectivity index (χ1n) is 6.41. The lowest BCUT2D eigenvalue weighted by Gasteiger charge is -2.28. The predicted molar refractivity (Wildman–Crippen MR) is 78.1 cm³/mol. The Morgan fingerprint density at radius 1 is 1.39 bits per heavy atom. The van der Waals surface area contributed by atoms with E-state index in [4.69, 9.17) is 4.74 Å². The van der Waals surface area contributed by atoms with E-state index in [1.165, 1.54) is 0 Å². The van der Waals surface area contributed by atoms with E-state index in [0.29, 0.717) is 12.6 Å². The van der Waals surface area contributed by atoms with Crippen LogP contribution in [0.1, 0.15) is 33.0 Å². The van der Waals surface area contributed by atoms with Crippen molar-refractivity contribution in [3.8, 4) is 0 Å². The molecule has 0 N–H and O–H groups in total. The number of methoxy groups -OCH3 is 1. The molecule has 1 unspecified atom stereocenters. The average Bonchev–Trinajstić information content (AvgIpc) is 2.30. The van der Waals surface area contributed by atoms with Crippen molar-refractivity contribution in [3.63, 3.8) is 0 Å². The molecule has 0 aliphatic rings. The van der Waals surface area contributed by atoms with Crippen LogP contribution in [-0.4, -0.2) is 36.3 Å². The van der Waals surface area contributed by atoms with Crippen molar-refractivity contribution in [3.05, 3.63) is 16.5 Å². The lowest BCUT2D eigenvalue weighted by Crippen LogP contribution is -2.37. The molecule has 0 fully saturated rings. The van der Waals surface area contributed by atoms with Crippen molar-refractivity contribution in [1.82, 2.24) is 9.97 Å². The van der Waals surface area contributed by atoms with Crippen molar-refractivity contribution < 1.29 is 4.74 Å². The minimum Gasteiger partial charge on any atom is -0.383 e. The third-order valence-corrected chi connectivity index (χ3v) is 3.18. The first-order valence-corrected chi connectivity index (χ1v) is 7.20. The van der Waals surface area contributed by atoms with Crippen LogP contribution in [0.4, 0.5) is 5.82 Å². The third kappa shape index (κ3) is 4.21. The smallest absolute Gasteiger partial charge is 0.133 e. The van der Waals surface area contributed by atoms with Crippen LogP contribution in [0.3, 0.4) is 0 Å². The van der Waals surface area contributed by atoms with Gasteiger partial charge in [0.05, 0.1) is 12.6 Å². The van der Waals surface area contributed by atoms with Gasteiger partial charge >= 0.3 is 0 Å². The van der Waals surface area contributed by atoms with E-state index in [0.717, 1.165) is 35.6 Å². The number of aromatic nitrogens is 2. The van der Waals surface area contributed by atoms with Crippen molar-refractivity contribution in [2.24, 2.45) is 0 Å². The molecule has 1 heterocycles. The maximum Gasteiger partial charge on any atom is 0.133 e. The summed E-state index contributed by atoms with van der Waals surface area (Å²) in [5.74, 6) is 1.86. The van der Waals surface area contributed by atoms with Gasteiger partial charge in [0.1, 0.15) is 16.2 Å². The maximum atomic E-state index is 5.22. The SMILES string of the molecule is CCCc1nc(Br)cc(N(CC)C(C)COC)n1. The lowest BCUT2D eigenvalue weighted by atomic mass is 10.3. The second-order valence-electron chi connectivity index (χ2n) is 4.31. The molecule has 5 heteroatoms. The van der Waals surface area contributed by atoms with Gasteiger partial charge in [0.15, 0.2) is 0 Å². The van der Waals surface area contributed by atoms with Crippen LogP contribution in [-0.2, 0) is 11.2 Å². The summed E-state index contributed by atoms with van der Waals surface area (Å²) in [6.45, 7) is 8.00. The minimum absolute atomic E-state index is 0.302. The van der Waals surface area contributed by atoms with E-state index in [1.807, 2.05) is 6.07 Å². The Balaban J connectivity index is 2.97. The molecule has 0 bridgehead atoms. The summed E-state index contributed by atoms with van der Waals surface area (Å²) >= 11 is 3.46. The fourth-order valence-corrected chi connectivity index (χ4v) is 2.37. The molecule has 0 aliphatic carbocycles. The van der Waals surface area contributed by atoms with Gasteiger partial charge in [-0.2, -0.15) is 0 Å². The fourth-order valence-electron chi connectivity index (χ4n) is 1.96. The summed E-state index contributed by atoms with van der Waals surface area (Å²) in [5.41, 5.74) is 0. The summed E-state index contributed by atoms with van der Waals surface area (Å²) in [5, 5.41) is 0. The second kappa shape index (κ2) is 7.69. The van der Waals surface area contributed by atoms with Gasteiger partial charge in [0.2, 0.25) is 0 Å². The van der Waals surface area contributed by atoms with Crippen LogP contribution in [0.15, 0.2) is 10.7 Å². The van der Waals surface area contributed by atoms with Crippen molar-refractivity contribution in [1.29, 1.82) is 0 Å². The van der Waals surface area contributed by atoms with Crippen LogP contribution in [0, 0.1) is 0 Å². The van der Waals surface area contributed by atoms with E-state index in [1.54, 1.807) is 7.11 Å². The Bertz CT molecular complexity index is 373. The molecule has 0 aromatic carbocycles. The number of hydrogen-bond donors (Lipinski definition) is 0. The first kappa shape index (κ1) is 15.4. The van der Waals surface area contributed by atoms with E-state index >= 15 is 0 Å². The molecule has 1 atom stereocenters. The van der Waals surface area contributed by atoms with Crippen LogP contribution in [0.2, 0.25) is 0 Å². The van der Waals surface area contributed by atoms with Gasteiger partial charge < -0.3 is 9.64 Å². The summed E-state index contributed by atoms with van der Waals surface area (Å²) in [6, 6.07) is 2.27. The topological polar surface area (TPSA) is 38.2 Å². The van der Waals surface area contributed by atoms with Gasteiger partial charge in [-0.1, -0.05) is 6.92 Å². The molecule has 0 aliphatic heterocycles. The number of hydrogen-bond acceptors (Lipinski definition) is 4. The van der Waals surface area contributed by atoms with Gasteiger partial charge in [0.25, 0.3) is 0 Å². The van der Waals surface area contributed by atoms with E-state index in [2.05, 4.69) is 51.6 Å². The quantitative estimate of drug-likeness (QED) is 0.725. The van der Waals surface area contributed by atoms with Gasteiger partial charge in [-0.3, -0.25) is 0 Å². The molecule has 1 aromatic heterocycles. The van der Waals surface area contributed by atoms with E-state index < -0.39 is 0 Å². The molecule has 4 nitrogen and oxygen atoms in total. The van der Waals surface area contributed by atoms with Crippen molar-refractivity contribution >= 4 is 21.7 Å². The highest BCUT2D eigenvalue weighted by atomic mass is 79.9. The number of nitrogens with zero attached hydrogens (tertiary/aromatic N) is 3.